The highest BCUT2D eigenvalue weighted by Gasteiger charge is 2.31. The van der Waals surface area contributed by atoms with Crippen LogP contribution in [0.5, 0.6) is 0 Å². The number of fused-ring (bicyclic) bond motifs is 1. The molecule has 1 aliphatic heterocycles. The van der Waals surface area contributed by atoms with Crippen LogP contribution in [-0.4, -0.2) is 62.7 Å². The molecule has 0 bridgehead atoms. The summed E-state index contributed by atoms with van der Waals surface area (Å²) in [4.78, 5) is 42.8. The van der Waals surface area contributed by atoms with Crippen LogP contribution in [0.15, 0.2) is 49.1 Å². The van der Waals surface area contributed by atoms with Gasteiger partial charge in [-0.15, -0.1) is 0 Å². The molecular formula is C24H27N5O2. The van der Waals surface area contributed by atoms with Crippen LogP contribution in [0.25, 0.3) is 22.0 Å². The zero-order valence-electron chi connectivity index (χ0n) is 18.0. The number of nitrogens with zero attached hydrogens (tertiary/aromatic N) is 5. The van der Waals surface area contributed by atoms with Gasteiger partial charge < -0.3 is 9.80 Å². The molecule has 0 aliphatic carbocycles. The number of aromatic nitrogens is 3. The fourth-order valence-electron chi connectivity index (χ4n) is 4.27. The molecule has 7 nitrogen and oxygen atoms in total. The molecule has 0 N–H and O–H groups in total. The first-order valence-corrected chi connectivity index (χ1v) is 10.9. The van der Waals surface area contributed by atoms with Gasteiger partial charge in [0, 0.05) is 56.4 Å². The van der Waals surface area contributed by atoms with Crippen LogP contribution in [0.4, 0.5) is 0 Å². The van der Waals surface area contributed by atoms with E-state index in [-0.39, 0.29) is 17.7 Å². The number of piperidine rings is 1. The first kappa shape index (κ1) is 20.9. The minimum absolute atomic E-state index is 0.133. The summed E-state index contributed by atoms with van der Waals surface area (Å²) < 4.78 is 0. The van der Waals surface area contributed by atoms with Crippen LogP contribution in [0.2, 0.25) is 0 Å². The summed E-state index contributed by atoms with van der Waals surface area (Å²) >= 11 is 0. The van der Waals surface area contributed by atoms with E-state index in [0.29, 0.717) is 31.9 Å². The highest BCUT2D eigenvalue weighted by atomic mass is 16.2. The molecule has 1 unspecified atom stereocenters. The lowest BCUT2D eigenvalue weighted by atomic mass is 9.95. The number of carbonyl (C=O) groups is 2. The standard InChI is InChI=1S/C24H27N5O2/c1-3-28(4-2)23(30)18-6-5-13-29(16-18)24(31)22-14-19(17-7-10-25-11-8-17)20-15-26-12-9-21(20)27-22/h7-12,14-15,18H,3-6,13,16H2,1-2H3. The van der Waals surface area contributed by atoms with E-state index >= 15 is 0 Å². The van der Waals surface area contributed by atoms with Crippen molar-refractivity contribution in [3.8, 4) is 11.1 Å². The van der Waals surface area contributed by atoms with Gasteiger partial charge in [0.05, 0.1) is 11.4 Å². The predicted molar refractivity (Wildman–Crippen MR) is 119 cm³/mol. The first-order chi connectivity index (χ1) is 15.1. The Labute approximate surface area is 182 Å². The third-order valence-electron chi connectivity index (χ3n) is 5.95. The molecule has 0 aromatic carbocycles. The van der Waals surface area contributed by atoms with E-state index in [9.17, 15) is 9.59 Å². The van der Waals surface area contributed by atoms with Gasteiger partial charge in [-0.1, -0.05) is 0 Å². The molecule has 0 saturated carbocycles. The van der Waals surface area contributed by atoms with Gasteiger partial charge >= 0.3 is 0 Å². The lowest BCUT2D eigenvalue weighted by Gasteiger charge is -2.34. The fourth-order valence-corrected chi connectivity index (χ4v) is 4.27. The van der Waals surface area contributed by atoms with Crippen molar-refractivity contribution in [2.45, 2.75) is 26.7 Å². The van der Waals surface area contributed by atoms with E-state index in [0.717, 1.165) is 34.9 Å². The van der Waals surface area contributed by atoms with E-state index < -0.39 is 0 Å². The molecule has 0 spiro atoms. The average Bonchev–Trinajstić information content (AvgIpc) is 2.84. The number of amides is 2. The second kappa shape index (κ2) is 9.20. The number of rotatable bonds is 5. The van der Waals surface area contributed by atoms with Crippen molar-refractivity contribution in [1.82, 2.24) is 24.8 Å². The second-order valence-electron chi connectivity index (χ2n) is 7.78. The van der Waals surface area contributed by atoms with Gasteiger partial charge in [0.1, 0.15) is 5.69 Å². The van der Waals surface area contributed by atoms with Crippen LogP contribution in [0.1, 0.15) is 37.2 Å². The summed E-state index contributed by atoms with van der Waals surface area (Å²) in [5.74, 6) is -0.148. The number of likely N-dealkylation sites (tertiary alicyclic amines) is 1. The smallest absolute Gasteiger partial charge is 0.272 e. The molecule has 1 atom stereocenters. The molecule has 1 fully saturated rings. The van der Waals surface area contributed by atoms with Crippen molar-refractivity contribution in [3.63, 3.8) is 0 Å². The Hall–Kier alpha value is -3.35. The van der Waals surface area contributed by atoms with E-state index in [1.807, 2.05) is 43.0 Å². The van der Waals surface area contributed by atoms with Gasteiger partial charge in [0.2, 0.25) is 5.91 Å². The molecule has 2 amide bonds. The molecule has 3 aromatic heterocycles. The molecule has 1 saturated heterocycles. The Morgan fingerprint density at radius 2 is 1.84 bits per heavy atom. The van der Waals surface area contributed by atoms with Gasteiger partial charge in [0.25, 0.3) is 5.91 Å². The number of hydrogen-bond acceptors (Lipinski definition) is 5. The third kappa shape index (κ3) is 4.26. The van der Waals surface area contributed by atoms with E-state index in [1.54, 1.807) is 29.7 Å². The maximum absolute atomic E-state index is 13.4. The zero-order chi connectivity index (χ0) is 21.8. The van der Waals surface area contributed by atoms with Crippen molar-refractivity contribution in [2.75, 3.05) is 26.2 Å². The minimum Gasteiger partial charge on any atom is -0.343 e. The summed E-state index contributed by atoms with van der Waals surface area (Å²) in [5, 5.41) is 0.887. The van der Waals surface area contributed by atoms with E-state index in [4.69, 9.17) is 0 Å². The van der Waals surface area contributed by atoms with Crippen LogP contribution in [0.3, 0.4) is 0 Å². The maximum atomic E-state index is 13.4. The van der Waals surface area contributed by atoms with Crippen LogP contribution < -0.4 is 0 Å². The molecule has 4 heterocycles. The Kier molecular flexibility index (Phi) is 6.21. The predicted octanol–water partition coefficient (Wildman–Crippen LogP) is 3.41. The normalized spacial score (nSPS) is 16.3. The Bertz CT molecular complexity index is 1080. The van der Waals surface area contributed by atoms with Gasteiger partial charge in [-0.25, -0.2) is 4.98 Å². The molecule has 160 valence electrons. The quantitative estimate of drug-likeness (QED) is 0.636. The van der Waals surface area contributed by atoms with Crippen molar-refractivity contribution >= 4 is 22.7 Å². The third-order valence-corrected chi connectivity index (χ3v) is 5.95. The molecule has 31 heavy (non-hydrogen) atoms. The SMILES string of the molecule is CCN(CC)C(=O)C1CCCN(C(=O)c2cc(-c3ccncc3)c3cnccc3n2)C1. The van der Waals surface area contributed by atoms with Gasteiger partial charge in [-0.2, -0.15) is 0 Å². The second-order valence-corrected chi connectivity index (χ2v) is 7.78. The summed E-state index contributed by atoms with van der Waals surface area (Å²) in [6.07, 6.45) is 8.54. The van der Waals surface area contributed by atoms with Gasteiger partial charge in [0.15, 0.2) is 0 Å². The fraction of sp³-hybridized carbons (Fsp3) is 0.375. The van der Waals surface area contributed by atoms with Gasteiger partial charge in [-0.05, 0) is 62.1 Å². The number of pyridine rings is 3. The summed E-state index contributed by atoms with van der Waals surface area (Å²) in [5.41, 5.74) is 2.97. The van der Waals surface area contributed by atoms with Crippen molar-refractivity contribution in [3.05, 3.63) is 54.7 Å². The highest BCUT2D eigenvalue weighted by molar-refractivity contribution is 6.01. The number of hydrogen-bond donors (Lipinski definition) is 0. The first-order valence-electron chi connectivity index (χ1n) is 10.9. The van der Waals surface area contributed by atoms with E-state index in [2.05, 4.69) is 15.0 Å². The number of carbonyl (C=O) groups excluding carboxylic acids is 2. The Morgan fingerprint density at radius 3 is 2.58 bits per heavy atom. The molecule has 1 aliphatic rings. The van der Waals surface area contributed by atoms with Gasteiger partial charge in [-0.3, -0.25) is 19.6 Å². The zero-order valence-corrected chi connectivity index (χ0v) is 18.0. The van der Waals surface area contributed by atoms with Crippen LogP contribution >= 0.6 is 0 Å². The highest BCUT2D eigenvalue weighted by Crippen LogP contribution is 2.29. The topological polar surface area (TPSA) is 79.3 Å². The van der Waals surface area contributed by atoms with E-state index in [1.165, 1.54) is 0 Å². The molecular weight excluding hydrogens is 390 g/mol. The van der Waals surface area contributed by atoms with Crippen molar-refractivity contribution in [2.24, 2.45) is 5.92 Å². The summed E-state index contributed by atoms with van der Waals surface area (Å²) in [6.45, 7) is 6.43. The van der Waals surface area contributed by atoms with Crippen molar-refractivity contribution < 1.29 is 9.59 Å². The molecule has 0 radical (unpaired) electrons. The van der Waals surface area contributed by atoms with Crippen LogP contribution in [0, 0.1) is 5.92 Å². The largest absolute Gasteiger partial charge is 0.343 e. The van der Waals surface area contributed by atoms with Crippen molar-refractivity contribution in [1.29, 1.82) is 0 Å². The molecule has 7 heteroatoms. The minimum atomic E-state index is -0.151. The monoisotopic (exact) mass is 417 g/mol. The molecule has 4 rings (SSSR count). The molecule has 3 aromatic rings. The lowest BCUT2D eigenvalue weighted by molar-refractivity contribution is -0.136. The van der Waals surface area contributed by atoms with Crippen LogP contribution in [-0.2, 0) is 4.79 Å². The average molecular weight is 418 g/mol. The Morgan fingerprint density at radius 1 is 1.10 bits per heavy atom. The lowest BCUT2D eigenvalue weighted by Crippen LogP contribution is -2.46. The summed E-state index contributed by atoms with van der Waals surface area (Å²) in [7, 11) is 0. The summed E-state index contributed by atoms with van der Waals surface area (Å²) in [6, 6.07) is 7.47. The Balaban J connectivity index is 1.66. The maximum Gasteiger partial charge on any atom is 0.272 e.